The van der Waals surface area contributed by atoms with Crippen LogP contribution < -0.4 is 0 Å². The molecule has 20 heavy (non-hydrogen) atoms. The number of ketones is 2. The number of hydrogen-bond acceptors (Lipinski definition) is 2. The molecule has 0 saturated carbocycles. The summed E-state index contributed by atoms with van der Waals surface area (Å²) in [6.45, 7) is 6.94. The molecule has 0 aliphatic carbocycles. The lowest BCUT2D eigenvalue weighted by Gasteiger charge is -2.05. The van der Waals surface area contributed by atoms with Crippen LogP contribution in [0.4, 0.5) is 0 Å². The Hall–Kier alpha value is -1.96. The van der Waals surface area contributed by atoms with Crippen molar-refractivity contribution < 1.29 is 9.59 Å². The van der Waals surface area contributed by atoms with Crippen molar-refractivity contribution in [1.29, 1.82) is 0 Å². The monoisotopic (exact) mass is 270 g/mol. The molecule has 0 fully saturated rings. The van der Waals surface area contributed by atoms with Gasteiger partial charge in [-0.1, -0.05) is 37.4 Å². The highest BCUT2D eigenvalue weighted by molar-refractivity contribution is 5.89. The van der Waals surface area contributed by atoms with E-state index in [0.717, 1.165) is 25.7 Å². The first kappa shape index (κ1) is 16.1. The molecule has 0 spiro atoms. The summed E-state index contributed by atoms with van der Waals surface area (Å²) in [6, 6.07) is 8.36. The standard InChI is InChI=1S/C18H22O2/c1-3-17(19)12-6-10-15-8-5-9-16(14-15)11-7-13-18(20)4-2/h3-5,8-9,14H,1-2,6-7,10-13H2. The smallest absolute Gasteiger partial charge is 0.155 e. The molecule has 2 nitrogen and oxygen atoms in total. The van der Waals surface area contributed by atoms with Crippen LogP contribution >= 0.6 is 0 Å². The average Bonchev–Trinajstić information content (AvgIpc) is 2.47. The van der Waals surface area contributed by atoms with Gasteiger partial charge in [-0.05, 0) is 49.0 Å². The molecule has 1 aromatic carbocycles. The first-order valence-corrected chi connectivity index (χ1v) is 7.04. The Labute approximate surface area is 121 Å². The molecule has 0 N–H and O–H groups in total. The van der Waals surface area contributed by atoms with E-state index in [1.165, 1.54) is 23.3 Å². The van der Waals surface area contributed by atoms with E-state index in [0.29, 0.717) is 12.8 Å². The number of benzene rings is 1. The SMILES string of the molecule is C=CC(=O)CCCc1cccc(CCCC(=O)C=C)c1. The van der Waals surface area contributed by atoms with Crippen LogP contribution in [-0.2, 0) is 22.4 Å². The number of allylic oxidation sites excluding steroid dienone is 2. The van der Waals surface area contributed by atoms with Crippen LogP contribution in [0.25, 0.3) is 0 Å². The molecule has 0 aliphatic rings. The highest BCUT2D eigenvalue weighted by atomic mass is 16.1. The second kappa shape index (κ2) is 9.03. The van der Waals surface area contributed by atoms with E-state index in [2.05, 4.69) is 31.4 Å². The van der Waals surface area contributed by atoms with Crippen molar-refractivity contribution in [3.8, 4) is 0 Å². The molecule has 0 amide bonds. The zero-order valence-corrected chi connectivity index (χ0v) is 11.9. The number of carbonyl (C=O) groups excluding carboxylic acids is 2. The van der Waals surface area contributed by atoms with E-state index in [1.807, 2.05) is 6.07 Å². The van der Waals surface area contributed by atoms with Gasteiger partial charge in [-0.3, -0.25) is 9.59 Å². The maximum Gasteiger partial charge on any atom is 0.155 e. The van der Waals surface area contributed by atoms with E-state index in [9.17, 15) is 9.59 Å². The topological polar surface area (TPSA) is 34.1 Å². The molecule has 0 aliphatic heterocycles. The summed E-state index contributed by atoms with van der Waals surface area (Å²) in [7, 11) is 0. The molecule has 106 valence electrons. The van der Waals surface area contributed by atoms with Crippen molar-refractivity contribution in [3.63, 3.8) is 0 Å². The zero-order valence-electron chi connectivity index (χ0n) is 11.9. The molecule has 0 saturated heterocycles. The second-order valence-corrected chi connectivity index (χ2v) is 4.87. The predicted octanol–water partition coefficient (Wildman–Crippen LogP) is 3.84. The number of rotatable bonds is 10. The van der Waals surface area contributed by atoms with Crippen LogP contribution in [0, 0.1) is 0 Å². The summed E-state index contributed by atoms with van der Waals surface area (Å²) >= 11 is 0. The lowest BCUT2D eigenvalue weighted by atomic mass is 10.0. The summed E-state index contributed by atoms with van der Waals surface area (Å²) in [5.74, 6) is 0.202. The van der Waals surface area contributed by atoms with Gasteiger partial charge in [-0.25, -0.2) is 0 Å². The van der Waals surface area contributed by atoms with Crippen molar-refractivity contribution in [2.45, 2.75) is 38.5 Å². The Bertz CT molecular complexity index is 445. The third-order valence-electron chi connectivity index (χ3n) is 3.22. The van der Waals surface area contributed by atoms with Gasteiger partial charge in [0.05, 0.1) is 0 Å². The Balaban J connectivity index is 2.40. The van der Waals surface area contributed by atoms with Gasteiger partial charge in [-0.15, -0.1) is 0 Å². The molecule has 0 unspecified atom stereocenters. The molecular weight excluding hydrogens is 248 g/mol. The number of carbonyl (C=O) groups is 2. The first-order valence-electron chi connectivity index (χ1n) is 7.04. The highest BCUT2D eigenvalue weighted by Gasteiger charge is 2.01. The quantitative estimate of drug-likeness (QED) is 0.605. The summed E-state index contributed by atoms with van der Waals surface area (Å²) in [5, 5.41) is 0. The van der Waals surface area contributed by atoms with Gasteiger partial charge < -0.3 is 0 Å². The van der Waals surface area contributed by atoms with E-state index < -0.39 is 0 Å². The van der Waals surface area contributed by atoms with Gasteiger partial charge in [0.25, 0.3) is 0 Å². The van der Waals surface area contributed by atoms with Crippen molar-refractivity contribution in [1.82, 2.24) is 0 Å². The minimum Gasteiger partial charge on any atom is -0.295 e. The maximum absolute atomic E-state index is 11.1. The molecule has 1 aromatic rings. The first-order chi connectivity index (χ1) is 9.65. The van der Waals surface area contributed by atoms with Crippen LogP contribution in [0.2, 0.25) is 0 Å². The minimum absolute atomic E-state index is 0.101. The Morgan fingerprint density at radius 3 is 1.75 bits per heavy atom. The van der Waals surface area contributed by atoms with Gasteiger partial charge in [0, 0.05) is 12.8 Å². The van der Waals surface area contributed by atoms with Crippen LogP contribution in [0.1, 0.15) is 36.8 Å². The van der Waals surface area contributed by atoms with Crippen LogP contribution in [0.15, 0.2) is 49.6 Å². The third kappa shape index (κ3) is 6.28. The summed E-state index contributed by atoms with van der Waals surface area (Å²) in [4.78, 5) is 22.3. The normalized spacial score (nSPS) is 10.0. The fourth-order valence-electron chi connectivity index (χ4n) is 2.08. The van der Waals surface area contributed by atoms with Gasteiger partial charge in [0.1, 0.15) is 0 Å². The summed E-state index contributed by atoms with van der Waals surface area (Å²) < 4.78 is 0. The molecule has 0 aromatic heterocycles. The van der Waals surface area contributed by atoms with Gasteiger partial charge in [0.2, 0.25) is 0 Å². The second-order valence-electron chi connectivity index (χ2n) is 4.87. The predicted molar refractivity (Wildman–Crippen MR) is 82.7 cm³/mol. The van der Waals surface area contributed by atoms with Crippen molar-refractivity contribution >= 4 is 11.6 Å². The summed E-state index contributed by atoms with van der Waals surface area (Å²) in [5.41, 5.74) is 2.49. The zero-order chi connectivity index (χ0) is 14.8. The van der Waals surface area contributed by atoms with Crippen LogP contribution in [-0.4, -0.2) is 11.6 Å². The lowest BCUT2D eigenvalue weighted by Crippen LogP contribution is -1.96. The average molecular weight is 270 g/mol. The Morgan fingerprint density at radius 2 is 1.35 bits per heavy atom. The third-order valence-corrected chi connectivity index (χ3v) is 3.22. The minimum atomic E-state index is 0.101. The van der Waals surface area contributed by atoms with E-state index in [4.69, 9.17) is 0 Å². The van der Waals surface area contributed by atoms with Crippen LogP contribution in [0.5, 0.6) is 0 Å². The lowest BCUT2D eigenvalue weighted by molar-refractivity contribution is -0.115. The molecule has 0 radical (unpaired) electrons. The fourth-order valence-corrected chi connectivity index (χ4v) is 2.08. The molecule has 0 bridgehead atoms. The Morgan fingerprint density at radius 1 is 0.900 bits per heavy atom. The van der Waals surface area contributed by atoms with Crippen molar-refractivity contribution in [2.24, 2.45) is 0 Å². The van der Waals surface area contributed by atoms with Crippen molar-refractivity contribution in [3.05, 3.63) is 60.7 Å². The number of hydrogen-bond donors (Lipinski definition) is 0. The van der Waals surface area contributed by atoms with Crippen LogP contribution in [0.3, 0.4) is 0 Å². The Kier molecular flexibility index (Phi) is 7.26. The van der Waals surface area contributed by atoms with E-state index >= 15 is 0 Å². The fraction of sp³-hybridized carbons (Fsp3) is 0.333. The van der Waals surface area contributed by atoms with E-state index in [1.54, 1.807) is 0 Å². The number of aryl methyl sites for hydroxylation is 2. The molecule has 1 rings (SSSR count). The largest absolute Gasteiger partial charge is 0.295 e. The molecular formula is C18H22O2. The maximum atomic E-state index is 11.1. The molecule has 0 atom stereocenters. The molecule has 0 heterocycles. The van der Waals surface area contributed by atoms with Gasteiger partial charge in [0.15, 0.2) is 11.6 Å². The summed E-state index contributed by atoms with van der Waals surface area (Å²) in [6.07, 6.45) is 7.38. The van der Waals surface area contributed by atoms with Crippen molar-refractivity contribution in [2.75, 3.05) is 0 Å². The highest BCUT2D eigenvalue weighted by Crippen LogP contribution is 2.12. The molecule has 2 heteroatoms. The van der Waals surface area contributed by atoms with E-state index in [-0.39, 0.29) is 11.6 Å². The van der Waals surface area contributed by atoms with Gasteiger partial charge in [-0.2, -0.15) is 0 Å². The van der Waals surface area contributed by atoms with Gasteiger partial charge >= 0.3 is 0 Å².